The number of aromatic nitrogens is 3. The van der Waals surface area contributed by atoms with Gasteiger partial charge in [0.25, 0.3) is 5.91 Å². The van der Waals surface area contributed by atoms with Gasteiger partial charge in [-0.2, -0.15) is 0 Å². The summed E-state index contributed by atoms with van der Waals surface area (Å²) < 4.78 is 9.89. The Bertz CT molecular complexity index is 677. The van der Waals surface area contributed by atoms with Crippen molar-refractivity contribution in [1.29, 1.82) is 0 Å². The Balaban J connectivity index is 2.13. The number of nitrogens with zero attached hydrogens (tertiary/aromatic N) is 4. The zero-order chi connectivity index (χ0) is 17.4. The van der Waals surface area contributed by atoms with Crippen LogP contribution in [0.3, 0.4) is 0 Å². The molecule has 0 N–H and O–H groups in total. The zero-order valence-electron chi connectivity index (χ0n) is 13.5. The first kappa shape index (κ1) is 18.0. The maximum atomic E-state index is 12.6. The van der Waals surface area contributed by atoms with Crippen LogP contribution in [0.2, 0.25) is 0 Å². The van der Waals surface area contributed by atoms with Crippen LogP contribution in [0.4, 0.5) is 0 Å². The Hall–Kier alpha value is -2.39. The minimum atomic E-state index is -0.469. The fourth-order valence-corrected chi connectivity index (χ4v) is 2.60. The number of amides is 1. The maximum Gasteiger partial charge on any atom is 0.325 e. The predicted molar refractivity (Wildman–Crippen MR) is 87.6 cm³/mol. The summed E-state index contributed by atoms with van der Waals surface area (Å²) in [6, 6.07) is 1.70. The van der Waals surface area contributed by atoms with E-state index < -0.39 is 5.97 Å². The lowest BCUT2D eigenvalue weighted by molar-refractivity contribution is -0.143. The van der Waals surface area contributed by atoms with E-state index in [2.05, 4.69) is 15.0 Å². The van der Waals surface area contributed by atoms with Gasteiger partial charge in [-0.1, -0.05) is 0 Å². The lowest BCUT2D eigenvalue weighted by Gasteiger charge is -2.20. The van der Waals surface area contributed by atoms with E-state index in [0.717, 1.165) is 0 Å². The summed E-state index contributed by atoms with van der Waals surface area (Å²) in [7, 11) is 1.53. The van der Waals surface area contributed by atoms with Gasteiger partial charge < -0.3 is 14.4 Å². The van der Waals surface area contributed by atoms with Crippen LogP contribution in [0.5, 0.6) is 0 Å². The van der Waals surface area contributed by atoms with Crippen molar-refractivity contribution < 1.29 is 19.1 Å². The molecule has 0 unspecified atom stereocenters. The van der Waals surface area contributed by atoms with Gasteiger partial charge in [-0.25, -0.2) is 15.0 Å². The first-order valence-electron chi connectivity index (χ1n) is 7.32. The average Bonchev–Trinajstić information content (AvgIpc) is 3.09. The van der Waals surface area contributed by atoms with Crippen molar-refractivity contribution in [3.05, 3.63) is 29.5 Å². The number of rotatable bonds is 8. The van der Waals surface area contributed by atoms with Gasteiger partial charge in [-0.15, -0.1) is 11.3 Å². The number of methoxy groups -OCH3 is 1. The highest BCUT2D eigenvalue weighted by Gasteiger charge is 2.22. The van der Waals surface area contributed by atoms with E-state index in [4.69, 9.17) is 9.47 Å². The molecular formula is C15H18N4O4S. The molecule has 0 fully saturated rings. The van der Waals surface area contributed by atoms with Gasteiger partial charge in [0.1, 0.15) is 12.2 Å². The number of hydrogen-bond acceptors (Lipinski definition) is 8. The van der Waals surface area contributed by atoms with E-state index in [1.54, 1.807) is 30.8 Å². The quantitative estimate of drug-likeness (QED) is 0.661. The first-order valence-corrected chi connectivity index (χ1v) is 8.20. The third-order valence-corrected chi connectivity index (χ3v) is 3.80. The second-order valence-electron chi connectivity index (χ2n) is 4.63. The molecule has 0 aliphatic rings. The molecule has 0 aromatic carbocycles. The number of thiazole rings is 1. The molecule has 0 aliphatic heterocycles. The monoisotopic (exact) mass is 350 g/mol. The molecule has 0 atom stereocenters. The Morgan fingerprint density at radius 2 is 2.04 bits per heavy atom. The summed E-state index contributed by atoms with van der Waals surface area (Å²) in [5.41, 5.74) is 0.239. The Kier molecular flexibility index (Phi) is 6.76. The Labute approximate surface area is 143 Å². The van der Waals surface area contributed by atoms with Crippen molar-refractivity contribution in [3.8, 4) is 10.8 Å². The normalized spacial score (nSPS) is 10.4. The fourth-order valence-electron chi connectivity index (χ4n) is 1.86. The second-order valence-corrected chi connectivity index (χ2v) is 5.49. The molecule has 9 heteroatoms. The Morgan fingerprint density at radius 3 is 2.71 bits per heavy atom. The largest absolute Gasteiger partial charge is 0.465 e. The molecule has 0 saturated heterocycles. The van der Waals surface area contributed by atoms with Gasteiger partial charge in [0, 0.05) is 31.4 Å². The summed E-state index contributed by atoms with van der Waals surface area (Å²) in [5.74, 6) is -0.377. The highest BCUT2D eigenvalue weighted by molar-refractivity contribution is 7.13. The summed E-state index contributed by atoms with van der Waals surface area (Å²) in [6.45, 7) is 2.40. The lowest BCUT2D eigenvalue weighted by atomic mass is 10.3. The van der Waals surface area contributed by atoms with Crippen molar-refractivity contribution in [2.45, 2.75) is 6.92 Å². The van der Waals surface area contributed by atoms with E-state index in [0.29, 0.717) is 17.4 Å². The maximum absolute atomic E-state index is 12.6. The van der Waals surface area contributed by atoms with Crippen molar-refractivity contribution in [3.63, 3.8) is 0 Å². The van der Waals surface area contributed by atoms with Crippen LogP contribution in [-0.2, 0) is 14.3 Å². The van der Waals surface area contributed by atoms with E-state index in [1.807, 2.05) is 0 Å². The smallest absolute Gasteiger partial charge is 0.325 e. The summed E-state index contributed by atoms with van der Waals surface area (Å²) in [6.07, 6.45) is 3.22. The van der Waals surface area contributed by atoms with Crippen LogP contribution in [0.25, 0.3) is 10.8 Å². The minimum absolute atomic E-state index is 0.148. The van der Waals surface area contributed by atoms with Gasteiger partial charge >= 0.3 is 5.97 Å². The van der Waals surface area contributed by atoms with Gasteiger partial charge in [0.05, 0.1) is 13.2 Å². The van der Waals surface area contributed by atoms with Gasteiger partial charge in [-0.3, -0.25) is 9.59 Å². The highest BCUT2D eigenvalue weighted by Crippen LogP contribution is 2.20. The second kappa shape index (κ2) is 9.04. The number of carbonyl (C=O) groups excluding carboxylic acids is 2. The van der Waals surface area contributed by atoms with Crippen LogP contribution in [0, 0.1) is 0 Å². The number of hydrogen-bond donors (Lipinski definition) is 0. The first-order chi connectivity index (χ1) is 11.7. The van der Waals surface area contributed by atoms with Crippen LogP contribution >= 0.6 is 11.3 Å². The summed E-state index contributed by atoms with van der Waals surface area (Å²) in [5, 5.41) is 2.17. The van der Waals surface area contributed by atoms with Crippen molar-refractivity contribution in [2.24, 2.45) is 0 Å². The minimum Gasteiger partial charge on any atom is -0.465 e. The van der Waals surface area contributed by atoms with E-state index in [9.17, 15) is 9.59 Å². The van der Waals surface area contributed by atoms with Crippen LogP contribution in [0.1, 0.15) is 17.4 Å². The van der Waals surface area contributed by atoms with Crippen LogP contribution in [-0.4, -0.2) is 65.1 Å². The lowest BCUT2D eigenvalue weighted by Crippen LogP contribution is -2.38. The molecule has 0 spiro atoms. The summed E-state index contributed by atoms with van der Waals surface area (Å²) in [4.78, 5) is 38.1. The number of carbonyl (C=O) groups is 2. The topological polar surface area (TPSA) is 94.5 Å². The molecule has 8 nitrogen and oxygen atoms in total. The predicted octanol–water partition coefficient (Wildman–Crippen LogP) is 1.25. The van der Waals surface area contributed by atoms with Crippen LogP contribution < -0.4 is 0 Å². The molecular weight excluding hydrogens is 332 g/mol. The standard InChI is InChI=1S/C15H18N4O4S/c1-3-23-12(20)9-19(7-8-22-2)15(21)11-10-24-14(18-11)13-16-5-4-6-17-13/h4-6,10H,3,7-9H2,1-2H3. The summed E-state index contributed by atoms with van der Waals surface area (Å²) >= 11 is 1.27. The molecule has 1 amide bonds. The molecule has 2 aromatic heterocycles. The SMILES string of the molecule is CCOC(=O)CN(CCOC)C(=O)c1csc(-c2ncccn2)n1. The van der Waals surface area contributed by atoms with Gasteiger partial charge in [0.2, 0.25) is 0 Å². The highest BCUT2D eigenvalue weighted by atomic mass is 32.1. The third kappa shape index (κ3) is 4.80. The molecule has 0 bridgehead atoms. The molecule has 0 saturated carbocycles. The van der Waals surface area contributed by atoms with Gasteiger partial charge in [-0.05, 0) is 13.0 Å². The molecule has 2 aromatic rings. The van der Waals surface area contributed by atoms with Gasteiger partial charge in [0.15, 0.2) is 10.8 Å². The van der Waals surface area contributed by atoms with E-state index in [1.165, 1.54) is 23.3 Å². The molecule has 2 rings (SSSR count). The third-order valence-electron chi connectivity index (χ3n) is 2.96. The molecule has 0 radical (unpaired) electrons. The average molecular weight is 350 g/mol. The number of ether oxygens (including phenoxy) is 2. The van der Waals surface area contributed by atoms with Crippen molar-refractivity contribution >= 4 is 23.2 Å². The molecule has 128 valence electrons. The molecule has 2 heterocycles. The van der Waals surface area contributed by atoms with Crippen LogP contribution in [0.15, 0.2) is 23.8 Å². The Morgan fingerprint density at radius 1 is 1.29 bits per heavy atom. The zero-order valence-corrected chi connectivity index (χ0v) is 14.3. The van der Waals surface area contributed by atoms with E-state index in [-0.39, 0.29) is 31.3 Å². The van der Waals surface area contributed by atoms with E-state index >= 15 is 0 Å². The molecule has 24 heavy (non-hydrogen) atoms. The van der Waals surface area contributed by atoms with Crippen molar-refractivity contribution in [2.75, 3.05) is 33.4 Å². The molecule has 0 aliphatic carbocycles. The van der Waals surface area contributed by atoms with Crippen molar-refractivity contribution in [1.82, 2.24) is 19.9 Å². The number of esters is 1. The fraction of sp³-hybridized carbons (Fsp3) is 0.400.